The maximum atomic E-state index is 13.2. The van der Waals surface area contributed by atoms with Gasteiger partial charge in [0.1, 0.15) is 11.5 Å². The summed E-state index contributed by atoms with van der Waals surface area (Å²) in [5, 5.41) is 0. The maximum Gasteiger partial charge on any atom is 0.236 e. The van der Waals surface area contributed by atoms with Crippen LogP contribution in [0.2, 0.25) is 0 Å². The van der Waals surface area contributed by atoms with Gasteiger partial charge >= 0.3 is 0 Å². The standard InChI is InChI=1S/C8H6F2NO3S/c1-15(13,14)11-8-6(9)3-2-5(4-12)7(8)10/h2-3,11H,1H3. The third-order valence-corrected chi connectivity index (χ3v) is 2.06. The number of sulfonamides is 1. The van der Waals surface area contributed by atoms with Crippen molar-refractivity contribution in [3.63, 3.8) is 0 Å². The molecule has 0 aliphatic rings. The lowest BCUT2D eigenvalue weighted by Gasteiger charge is -2.07. The molecule has 7 heteroatoms. The quantitative estimate of drug-likeness (QED) is 0.841. The fraction of sp³-hybridized carbons (Fsp3) is 0.125. The van der Waals surface area contributed by atoms with Crippen molar-refractivity contribution < 1.29 is 22.0 Å². The number of hydrogen-bond donors (Lipinski definition) is 1. The zero-order valence-corrected chi connectivity index (χ0v) is 8.36. The SMILES string of the molecule is CS(=O)(=O)Nc1c(F)ccc([C]=O)c1F. The maximum absolute atomic E-state index is 13.2. The van der Waals surface area contributed by atoms with E-state index >= 15 is 0 Å². The van der Waals surface area contributed by atoms with Crippen molar-refractivity contribution >= 4 is 22.0 Å². The summed E-state index contributed by atoms with van der Waals surface area (Å²) in [6, 6.07) is 1.64. The molecule has 81 valence electrons. The molecule has 0 bridgehead atoms. The van der Waals surface area contributed by atoms with E-state index in [1.54, 1.807) is 4.72 Å². The van der Waals surface area contributed by atoms with Gasteiger partial charge in [0.25, 0.3) is 0 Å². The van der Waals surface area contributed by atoms with Crippen molar-refractivity contribution in [1.29, 1.82) is 0 Å². The van der Waals surface area contributed by atoms with Crippen LogP contribution in [0.4, 0.5) is 14.5 Å². The highest BCUT2D eigenvalue weighted by Crippen LogP contribution is 2.21. The first kappa shape index (κ1) is 11.6. The Kier molecular flexibility index (Phi) is 3.04. The molecule has 0 amide bonds. The second-order valence-corrected chi connectivity index (χ2v) is 4.51. The minimum atomic E-state index is -3.81. The minimum Gasteiger partial charge on any atom is -0.285 e. The molecule has 0 saturated heterocycles. The zero-order chi connectivity index (χ0) is 11.6. The zero-order valence-electron chi connectivity index (χ0n) is 7.54. The van der Waals surface area contributed by atoms with E-state index in [1.807, 2.05) is 0 Å². The molecule has 0 aliphatic carbocycles. The number of rotatable bonds is 3. The summed E-state index contributed by atoms with van der Waals surface area (Å²) in [4.78, 5) is 10.2. The van der Waals surface area contributed by atoms with Gasteiger partial charge in [-0.2, -0.15) is 0 Å². The third kappa shape index (κ3) is 2.72. The van der Waals surface area contributed by atoms with Crippen LogP contribution < -0.4 is 4.72 Å². The number of hydrogen-bond acceptors (Lipinski definition) is 3. The van der Waals surface area contributed by atoms with Crippen LogP contribution in [0.3, 0.4) is 0 Å². The fourth-order valence-electron chi connectivity index (χ4n) is 0.910. The van der Waals surface area contributed by atoms with Crippen molar-refractivity contribution in [3.8, 4) is 0 Å². The van der Waals surface area contributed by atoms with Crippen molar-refractivity contribution in [2.75, 3.05) is 11.0 Å². The second-order valence-electron chi connectivity index (χ2n) is 2.76. The number of nitrogens with one attached hydrogen (secondary N) is 1. The van der Waals surface area contributed by atoms with Gasteiger partial charge in [0.2, 0.25) is 16.3 Å². The van der Waals surface area contributed by atoms with Gasteiger partial charge in [0.15, 0.2) is 5.82 Å². The first-order valence-corrected chi connectivity index (χ1v) is 5.58. The Morgan fingerprint density at radius 2 is 1.93 bits per heavy atom. The van der Waals surface area contributed by atoms with Gasteiger partial charge in [-0.3, -0.25) is 9.52 Å². The lowest BCUT2D eigenvalue weighted by Crippen LogP contribution is -2.13. The molecule has 0 saturated carbocycles. The first-order chi connectivity index (χ1) is 6.85. The average molecular weight is 234 g/mol. The van der Waals surface area contributed by atoms with Crippen molar-refractivity contribution in [2.24, 2.45) is 0 Å². The van der Waals surface area contributed by atoms with Crippen molar-refractivity contribution in [2.45, 2.75) is 0 Å². The van der Waals surface area contributed by atoms with Gasteiger partial charge in [0, 0.05) is 0 Å². The topological polar surface area (TPSA) is 63.2 Å². The van der Waals surface area contributed by atoms with Crippen LogP contribution in [0.15, 0.2) is 12.1 Å². The highest BCUT2D eigenvalue weighted by Gasteiger charge is 2.16. The number of benzene rings is 1. The van der Waals surface area contributed by atoms with Gasteiger partial charge < -0.3 is 0 Å². The van der Waals surface area contributed by atoms with Gasteiger partial charge in [0.05, 0.1) is 11.8 Å². The van der Waals surface area contributed by atoms with Gasteiger partial charge in [-0.15, -0.1) is 0 Å². The normalized spacial score (nSPS) is 11.1. The molecule has 0 aromatic heterocycles. The monoisotopic (exact) mass is 234 g/mol. The summed E-state index contributed by atoms with van der Waals surface area (Å²) >= 11 is 0. The molecule has 0 spiro atoms. The van der Waals surface area contributed by atoms with Crippen LogP contribution in [-0.4, -0.2) is 21.0 Å². The third-order valence-electron chi connectivity index (χ3n) is 1.49. The second kappa shape index (κ2) is 3.93. The predicted octanol–water partition coefficient (Wildman–Crippen LogP) is 0.794. The molecule has 1 radical (unpaired) electrons. The van der Waals surface area contributed by atoms with E-state index in [1.165, 1.54) is 6.29 Å². The molecule has 0 aliphatic heterocycles. The van der Waals surface area contributed by atoms with Crippen LogP contribution in [0.5, 0.6) is 0 Å². The van der Waals surface area contributed by atoms with Crippen LogP contribution in [0.1, 0.15) is 5.56 Å². The van der Waals surface area contributed by atoms with Gasteiger partial charge in [-0.05, 0) is 12.1 Å². The molecule has 1 rings (SSSR count). The predicted molar refractivity (Wildman–Crippen MR) is 49.6 cm³/mol. The van der Waals surface area contributed by atoms with Crippen LogP contribution >= 0.6 is 0 Å². The molecule has 4 nitrogen and oxygen atoms in total. The van der Waals surface area contributed by atoms with Gasteiger partial charge in [-0.1, -0.05) is 0 Å². The van der Waals surface area contributed by atoms with Crippen molar-refractivity contribution in [1.82, 2.24) is 0 Å². The molecular weight excluding hydrogens is 228 g/mol. The van der Waals surface area contributed by atoms with Crippen molar-refractivity contribution in [3.05, 3.63) is 29.3 Å². The summed E-state index contributed by atoms with van der Waals surface area (Å²) in [5.74, 6) is -2.38. The molecule has 0 atom stereocenters. The van der Waals surface area contributed by atoms with E-state index in [0.717, 1.165) is 18.4 Å². The Bertz CT molecular complexity index is 499. The molecule has 1 aromatic rings. The Hall–Kier alpha value is -1.50. The lowest BCUT2D eigenvalue weighted by atomic mass is 10.2. The summed E-state index contributed by atoms with van der Waals surface area (Å²) in [6.45, 7) is 0. The first-order valence-electron chi connectivity index (χ1n) is 3.69. The van der Waals surface area contributed by atoms with E-state index in [2.05, 4.69) is 0 Å². The molecule has 0 unspecified atom stereocenters. The van der Waals surface area contributed by atoms with Crippen LogP contribution in [0, 0.1) is 11.6 Å². The van der Waals surface area contributed by atoms with E-state index in [-0.39, 0.29) is 0 Å². The van der Waals surface area contributed by atoms with Crippen LogP contribution in [0.25, 0.3) is 0 Å². The number of anilines is 1. The molecule has 0 heterocycles. The van der Waals surface area contributed by atoms with E-state index in [9.17, 15) is 22.0 Å². The fourth-order valence-corrected chi connectivity index (χ4v) is 1.47. The molecule has 0 fully saturated rings. The number of halogens is 2. The average Bonchev–Trinajstić information content (AvgIpc) is 2.11. The lowest BCUT2D eigenvalue weighted by molar-refractivity contribution is 0.553. The van der Waals surface area contributed by atoms with Crippen LogP contribution in [-0.2, 0) is 14.8 Å². The highest BCUT2D eigenvalue weighted by molar-refractivity contribution is 7.92. The molecule has 15 heavy (non-hydrogen) atoms. The summed E-state index contributed by atoms with van der Waals surface area (Å²) in [7, 11) is -3.81. The molecule has 1 aromatic carbocycles. The smallest absolute Gasteiger partial charge is 0.236 e. The van der Waals surface area contributed by atoms with E-state index < -0.39 is 32.9 Å². The Morgan fingerprint density at radius 3 is 2.40 bits per heavy atom. The van der Waals surface area contributed by atoms with E-state index in [0.29, 0.717) is 0 Å². The minimum absolute atomic E-state index is 0.539. The Balaban J connectivity index is 3.33. The summed E-state index contributed by atoms with van der Waals surface area (Å²) in [6.07, 6.45) is 1.96. The summed E-state index contributed by atoms with van der Waals surface area (Å²) < 4.78 is 49.4. The summed E-state index contributed by atoms with van der Waals surface area (Å²) in [5.41, 5.74) is -1.42. The number of carbonyl (C=O) groups excluding carboxylic acids is 1. The Morgan fingerprint density at radius 1 is 1.33 bits per heavy atom. The highest BCUT2D eigenvalue weighted by atomic mass is 32.2. The van der Waals surface area contributed by atoms with Gasteiger partial charge in [-0.25, -0.2) is 17.2 Å². The Labute approximate surface area is 85.0 Å². The molecular formula is C8H6F2NO3S. The van der Waals surface area contributed by atoms with E-state index in [4.69, 9.17) is 0 Å². The largest absolute Gasteiger partial charge is 0.285 e. The molecule has 1 N–H and O–H groups in total.